The standard InChI is InChI=1S/C8H11Cl3Si/c9-12(10,11)7-3-6-8-4-1-2-5-8/h1-2,4H,3,5-7H2. The maximum Gasteiger partial charge on any atom is 0.341 e. The van der Waals surface area contributed by atoms with Gasteiger partial charge < -0.3 is 0 Å². The van der Waals surface area contributed by atoms with Crippen LogP contribution in [-0.2, 0) is 0 Å². The van der Waals surface area contributed by atoms with Crippen molar-refractivity contribution in [1.82, 2.24) is 0 Å². The third-order valence-electron chi connectivity index (χ3n) is 1.81. The second-order valence-electron chi connectivity index (χ2n) is 2.93. The van der Waals surface area contributed by atoms with Gasteiger partial charge in [-0.3, -0.25) is 0 Å². The van der Waals surface area contributed by atoms with Gasteiger partial charge in [0.2, 0.25) is 0 Å². The molecule has 0 saturated carbocycles. The van der Waals surface area contributed by atoms with Crippen molar-refractivity contribution in [2.24, 2.45) is 0 Å². The van der Waals surface area contributed by atoms with Gasteiger partial charge in [0.25, 0.3) is 0 Å². The van der Waals surface area contributed by atoms with Gasteiger partial charge in [-0.25, -0.2) is 0 Å². The fourth-order valence-corrected chi connectivity index (χ4v) is 2.97. The number of halogens is 3. The molecule has 1 aliphatic carbocycles. The highest BCUT2D eigenvalue weighted by Crippen LogP contribution is 2.29. The predicted octanol–water partition coefficient (Wildman–Crippen LogP) is 4.31. The summed E-state index contributed by atoms with van der Waals surface area (Å²) in [7, 11) is 0. The van der Waals surface area contributed by atoms with Crippen molar-refractivity contribution in [3.8, 4) is 0 Å². The molecule has 0 aromatic rings. The Bertz CT molecular complexity index is 203. The molecule has 0 heterocycles. The van der Waals surface area contributed by atoms with E-state index in [2.05, 4.69) is 18.2 Å². The summed E-state index contributed by atoms with van der Waals surface area (Å²) >= 11 is 17.3. The van der Waals surface area contributed by atoms with Crippen LogP contribution in [0.4, 0.5) is 0 Å². The lowest BCUT2D eigenvalue weighted by molar-refractivity contribution is 0.881. The maximum absolute atomic E-state index is 5.75. The second kappa shape index (κ2) is 4.71. The smallest absolute Gasteiger partial charge is 0.126 e. The molecule has 0 spiro atoms. The Morgan fingerprint density at radius 1 is 1.33 bits per heavy atom. The Morgan fingerprint density at radius 3 is 2.58 bits per heavy atom. The molecule has 0 aliphatic heterocycles. The van der Waals surface area contributed by atoms with Crippen LogP contribution in [0.1, 0.15) is 19.3 Å². The van der Waals surface area contributed by atoms with Crippen molar-refractivity contribution in [2.45, 2.75) is 25.3 Å². The molecule has 0 radical (unpaired) electrons. The van der Waals surface area contributed by atoms with Crippen molar-refractivity contribution in [1.29, 1.82) is 0 Å². The summed E-state index contributed by atoms with van der Waals surface area (Å²) in [6, 6.07) is -1.59. The minimum Gasteiger partial charge on any atom is -0.126 e. The Balaban J connectivity index is 2.11. The van der Waals surface area contributed by atoms with E-state index in [9.17, 15) is 0 Å². The van der Waals surface area contributed by atoms with Gasteiger partial charge in [0.1, 0.15) is 0 Å². The fraction of sp³-hybridized carbons (Fsp3) is 0.500. The molecule has 0 saturated heterocycles. The lowest BCUT2D eigenvalue weighted by atomic mass is 10.1. The van der Waals surface area contributed by atoms with Gasteiger partial charge in [-0.2, -0.15) is 0 Å². The highest BCUT2D eigenvalue weighted by atomic mass is 35.8. The van der Waals surface area contributed by atoms with E-state index in [1.54, 1.807) is 0 Å². The average molecular weight is 242 g/mol. The summed E-state index contributed by atoms with van der Waals surface area (Å²) < 4.78 is 0. The predicted molar refractivity (Wildman–Crippen MR) is 59.2 cm³/mol. The molecular weight excluding hydrogens is 231 g/mol. The lowest BCUT2D eigenvalue weighted by Gasteiger charge is -2.07. The molecule has 0 unspecified atom stereocenters. The van der Waals surface area contributed by atoms with E-state index in [0.29, 0.717) is 0 Å². The summed E-state index contributed by atoms with van der Waals surface area (Å²) in [4.78, 5) is 0. The van der Waals surface area contributed by atoms with E-state index in [1.807, 2.05) is 0 Å². The number of hydrogen-bond acceptors (Lipinski definition) is 0. The molecule has 12 heavy (non-hydrogen) atoms. The zero-order chi connectivity index (χ0) is 9.03. The zero-order valence-corrected chi connectivity index (χ0v) is 9.96. The Hall–Kier alpha value is 0.567. The molecule has 0 fully saturated rings. The number of allylic oxidation sites excluding steroid dienone is 4. The molecule has 1 aliphatic rings. The van der Waals surface area contributed by atoms with Crippen LogP contribution in [-0.4, -0.2) is 6.00 Å². The third-order valence-corrected chi connectivity index (χ3v) is 4.43. The summed E-state index contributed by atoms with van der Waals surface area (Å²) in [5.41, 5.74) is 1.46. The maximum atomic E-state index is 5.75. The van der Waals surface area contributed by atoms with Gasteiger partial charge in [0, 0.05) is 0 Å². The van der Waals surface area contributed by atoms with Crippen molar-refractivity contribution < 1.29 is 0 Å². The highest BCUT2D eigenvalue weighted by Gasteiger charge is 2.23. The molecule has 0 aromatic carbocycles. The zero-order valence-electron chi connectivity index (χ0n) is 6.69. The monoisotopic (exact) mass is 240 g/mol. The quantitative estimate of drug-likeness (QED) is 0.508. The van der Waals surface area contributed by atoms with Gasteiger partial charge in [0.05, 0.1) is 0 Å². The van der Waals surface area contributed by atoms with Gasteiger partial charge >= 0.3 is 6.00 Å². The van der Waals surface area contributed by atoms with Crippen molar-refractivity contribution in [3.63, 3.8) is 0 Å². The molecule has 0 atom stereocenters. The van der Waals surface area contributed by atoms with E-state index >= 15 is 0 Å². The minimum absolute atomic E-state index is 0.773. The molecule has 4 heteroatoms. The summed E-state index contributed by atoms with van der Waals surface area (Å²) in [5.74, 6) is 0. The Labute approximate surface area is 88.3 Å². The molecule has 68 valence electrons. The first-order valence-electron chi connectivity index (χ1n) is 3.99. The summed E-state index contributed by atoms with van der Waals surface area (Å²) in [5, 5.41) is 0. The highest BCUT2D eigenvalue weighted by molar-refractivity contribution is 7.64. The van der Waals surface area contributed by atoms with Gasteiger partial charge in [-0.15, -0.1) is 33.2 Å². The molecule has 1 rings (SSSR count). The Morgan fingerprint density at radius 2 is 2.08 bits per heavy atom. The van der Waals surface area contributed by atoms with Gasteiger partial charge in [0.15, 0.2) is 0 Å². The first-order valence-corrected chi connectivity index (χ1v) is 9.23. The van der Waals surface area contributed by atoms with Crippen LogP contribution in [0.3, 0.4) is 0 Å². The van der Waals surface area contributed by atoms with Gasteiger partial charge in [-0.05, 0) is 25.3 Å². The minimum atomic E-state index is -2.36. The van der Waals surface area contributed by atoms with E-state index in [-0.39, 0.29) is 0 Å². The van der Waals surface area contributed by atoms with Crippen LogP contribution in [0.15, 0.2) is 23.8 Å². The van der Waals surface area contributed by atoms with Crippen LogP contribution in [0.25, 0.3) is 0 Å². The first-order chi connectivity index (χ1) is 5.58. The molecule has 0 nitrogen and oxygen atoms in total. The van der Waals surface area contributed by atoms with E-state index in [1.165, 1.54) is 5.57 Å². The largest absolute Gasteiger partial charge is 0.341 e. The molecule has 0 bridgehead atoms. The van der Waals surface area contributed by atoms with Crippen molar-refractivity contribution in [2.75, 3.05) is 0 Å². The van der Waals surface area contributed by atoms with Crippen LogP contribution in [0.2, 0.25) is 6.04 Å². The van der Waals surface area contributed by atoms with Crippen molar-refractivity contribution in [3.05, 3.63) is 23.8 Å². The topological polar surface area (TPSA) is 0 Å². The van der Waals surface area contributed by atoms with E-state index in [0.717, 1.165) is 25.3 Å². The van der Waals surface area contributed by atoms with Gasteiger partial charge in [-0.1, -0.05) is 23.8 Å². The van der Waals surface area contributed by atoms with E-state index in [4.69, 9.17) is 33.2 Å². The SMILES string of the molecule is Cl[Si](Cl)(Cl)CCCC1=CC=CC1. The lowest BCUT2D eigenvalue weighted by Crippen LogP contribution is -2.07. The molecular formula is C8H11Cl3Si. The van der Waals surface area contributed by atoms with Crippen LogP contribution < -0.4 is 0 Å². The summed E-state index contributed by atoms with van der Waals surface area (Å²) in [6.45, 7) is 0. The summed E-state index contributed by atoms with van der Waals surface area (Å²) in [6.07, 6.45) is 9.57. The van der Waals surface area contributed by atoms with Crippen LogP contribution >= 0.6 is 33.2 Å². The number of hydrogen-bond donors (Lipinski definition) is 0. The fourth-order valence-electron chi connectivity index (χ4n) is 1.19. The molecule has 0 amide bonds. The third kappa shape index (κ3) is 4.56. The van der Waals surface area contributed by atoms with Crippen LogP contribution in [0, 0.1) is 0 Å². The van der Waals surface area contributed by atoms with Crippen LogP contribution in [0.5, 0.6) is 0 Å². The average Bonchev–Trinajstić information content (AvgIpc) is 2.36. The normalized spacial score (nSPS) is 16.8. The molecule has 0 N–H and O–H groups in total. The number of rotatable bonds is 4. The first kappa shape index (κ1) is 10.6. The second-order valence-corrected chi connectivity index (χ2v) is 12.2. The van der Waals surface area contributed by atoms with E-state index < -0.39 is 6.00 Å². The van der Waals surface area contributed by atoms with Crippen molar-refractivity contribution >= 4 is 39.2 Å². The Kier molecular flexibility index (Phi) is 4.17. The molecule has 0 aromatic heterocycles.